The van der Waals surface area contributed by atoms with E-state index in [4.69, 9.17) is 5.73 Å². The molecule has 1 aromatic carbocycles. The summed E-state index contributed by atoms with van der Waals surface area (Å²) in [7, 11) is 3.18. The Bertz CT molecular complexity index is 945. The number of benzene rings is 1. The predicted octanol–water partition coefficient (Wildman–Crippen LogP) is 2.41. The molecule has 0 amide bonds. The molecule has 0 unspecified atom stereocenters. The third-order valence-corrected chi connectivity index (χ3v) is 4.49. The zero-order chi connectivity index (χ0) is 18.8. The van der Waals surface area contributed by atoms with Crippen LogP contribution in [0.1, 0.15) is 18.4 Å². The molecule has 3 N–H and O–H groups in total. The number of hydrogen-bond acceptors (Lipinski definition) is 6. The van der Waals surface area contributed by atoms with E-state index in [1.165, 1.54) is 35.8 Å². The van der Waals surface area contributed by atoms with E-state index < -0.39 is 4.92 Å². The normalized spacial score (nSPS) is 13.9. The molecule has 1 fully saturated rings. The molecular weight excluding hydrogens is 334 g/mol. The molecule has 0 spiro atoms. The van der Waals surface area contributed by atoms with E-state index in [-0.39, 0.29) is 22.5 Å². The fourth-order valence-corrected chi connectivity index (χ4v) is 2.84. The van der Waals surface area contributed by atoms with Crippen molar-refractivity contribution in [2.75, 3.05) is 24.6 Å². The second kappa shape index (κ2) is 6.99. The van der Waals surface area contributed by atoms with Gasteiger partial charge in [0.2, 0.25) is 0 Å². The van der Waals surface area contributed by atoms with Crippen molar-refractivity contribution in [3.63, 3.8) is 0 Å². The number of nitrogens with two attached hydrogens (primary N) is 1. The summed E-state index contributed by atoms with van der Waals surface area (Å²) in [6.45, 7) is 0.805. The predicted molar refractivity (Wildman–Crippen MR) is 103 cm³/mol. The number of nitrogen functional groups attached to an aromatic ring is 1. The van der Waals surface area contributed by atoms with E-state index in [1.54, 1.807) is 26.4 Å². The number of nitro benzene ring substituents is 1. The average Bonchev–Trinajstić information content (AvgIpc) is 3.44. The largest absolute Gasteiger partial charge is 0.397 e. The summed E-state index contributed by atoms with van der Waals surface area (Å²) in [5, 5.41) is 14.6. The Morgan fingerprint density at radius 1 is 1.42 bits per heavy atom. The first-order chi connectivity index (χ1) is 12.4. The maximum atomic E-state index is 12.3. The molecule has 2 aromatic rings. The number of anilines is 2. The Morgan fingerprint density at radius 2 is 2.15 bits per heavy atom. The molecular formula is C18H21N5O3. The highest BCUT2D eigenvalue weighted by Gasteiger charge is 2.23. The van der Waals surface area contributed by atoms with Crippen molar-refractivity contribution in [1.82, 2.24) is 4.57 Å². The van der Waals surface area contributed by atoms with Gasteiger partial charge in [0.05, 0.1) is 16.2 Å². The first-order valence-corrected chi connectivity index (χ1v) is 8.36. The van der Waals surface area contributed by atoms with Crippen LogP contribution in [-0.2, 0) is 7.05 Å². The third kappa shape index (κ3) is 3.44. The fourth-order valence-electron chi connectivity index (χ4n) is 2.84. The number of hydrogen-bond donors (Lipinski definition) is 2. The van der Waals surface area contributed by atoms with Crippen molar-refractivity contribution in [1.29, 1.82) is 0 Å². The Labute approximate surface area is 150 Å². The molecule has 26 heavy (non-hydrogen) atoms. The van der Waals surface area contributed by atoms with Crippen LogP contribution >= 0.6 is 0 Å². The summed E-state index contributed by atoms with van der Waals surface area (Å²) in [6.07, 6.45) is 5.39. The molecule has 8 nitrogen and oxygen atoms in total. The standard InChI is InChI=1S/C18H21N5O3/c1-20-9-14-17(19)15(10-22(2)18(14)24)13-7-12(23(25)26)5-6-16(13)21-8-11-3-4-11/h5-7,9-11,21H,3-4,8,19H2,1-2H3. The minimum atomic E-state index is -0.444. The maximum Gasteiger partial charge on any atom is 0.270 e. The number of aliphatic imine (C=N–C) groups is 1. The van der Waals surface area contributed by atoms with Gasteiger partial charge in [-0.2, -0.15) is 0 Å². The molecule has 136 valence electrons. The van der Waals surface area contributed by atoms with Crippen LogP contribution in [0.5, 0.6) is 0 Å². The molecule has 1 saturated carbocycles. The van der Waals surface area contributed by atoms with Crippen LogP contribution in [0.25, 0.3) is 11.1 Å². The monoisotopic (exact) mass is 355 g/mol. The van der Waals surface area contributed by atoms with E-state index in [9.17, 15) is 14.9 Å². The summed E-state index contributed by atoms with van der Waals surface area (Å²) in [4.78, 5) is 27.0. The molecule has 1 aromatic heterocycles. The smallest absolute Gasteiger partial charge is 0.270 e. The van der Waals surface area contributed by atoms with Crippen LogP contribution in [-0.4, -0.2) is 29.3 Å². The summed E-state index contributed by atoms with van der Waals surface area (Å²) in [6, 6.07) is 4.64. The van der Waals surface area contributed by atoms with E-state index in [1.807, 2.05) is 0 Å². The van der Waals surface area contributed by atoms with Gasteiger partial charge in [-0.1, -0.05) is 0 Å². The van der Waals surface area contributed by atoms with Gasteiger partial charge in [-0.15, -0.1) is 0 Å². The van der Waals surface area contributed by atoms with Crippen molar-refractivity contribution < 1.29 is 4.92 Å². The molecule has 8 heteroatoms. The van der Waals surface area contributed by atoms with E-state index in [2.05, 4.69) is 10.3 Å². The van der Waals surface area contributed by atoms with Crippen LogP contribution < -0.4 is 16.6 Å². The number of rotatable bonds is 6. The van der Waals surface area contributed by atoms with Gasteiger partial charge in [0.1, 0.15) is 0 Å². The van der Waals surface area contributed by atoms with Crippen molar-refractivity contribution in [3.05, 3.63) is 50.4 Å². The first-order valence-electron chi connectivity index (χ1n) is 8.36. The summed E-state index contributed by atoms with van der Waals surface area (Å²) >= 11 is 0. The fraction of sp³-hybridized carbons (Fsp3) is 0.333. The van der Waals surface area contributed by atoms with E-state index in [0.717, 1.165) is 12.2 Å². The van der Waals surface area contributed by atoms with Crippen LogP contribution in [0, 0.1) is 16.0 Å². The van der Waals surface area contributed by atoms with Gasteiger partial charge in [-0.3, -0.25) is 19.9 Å². The number of aromatic nitrogens is 1. The second-order valence-electron chi connectivity index (χ2n) is 6.48. The Balaban J connectivity index is 2.18. The lowest BCUT2D eigenvalue weighted by Gasteiger charge is -2.16. The highest BCUT2D eigenvalue weighted by atomic mass is 16.6. The Morgan fingerprint density at radius 3 is 2.77 bits per heavy atom. The zero-order valence-electron chi connectivity index (χ0n) is 14.7. The zero-order valence-corrected chi connectivity index (χ0v) is 14.7. The Kier molecular flexibility index (Phi) is 4.75. The summed E-state index contributed by atoms with van der Waals surface area (Å²) < 4.78 is 1.41. The number of aryl methyl sites for hydroxylation is 1. The van der Waals surface area contributed by atoms with Crippen LogP contribution in [0.2, 0.25) is 0 Å². The van der Waals surface area contributed by atoms with Crippen LogP contribution in [0.3, 0.4) is 0 Å². The molecule has 1 aliphatic carbocycles. The molecule has 0 aliphatic heterocycles. The Hall–Kier alpha value is -3.16. The number of nitrogens with zero attached hydrogens (tertiary/aromatic N) is 3. The number of non-ortho nitro benzene ring substituents is 1. The molecule has 0 atom stereocenters. The minimum Gasteiger partial charge on any atom is -0.397 e. The lowest BCUT2D eigenvalue weighted by atomic mass is 10.0. The maximum absolute atomic E-state index is 12.3. The van der Waals surface area contributed by atoms with Gasteiger partial charge in [-0.25, -0.2) is 0 Å². The number of pyridine rings is 1. The van der Waals surface area contributed by atoms with Crippen molar-refractivity contribution in [2.45, 2.75) is 12.8 Å². The number of nitro groups is 1. The lowest BCUT2D eigenvalue weighted by molar-refractivity contribution is -0.384. The van der Waals surface area contributed by atoms with Crippen molar-refractivity contribution in [3.8, 4) is 11.1 Å². The second-order valence-corrected chi connectivity index (χ2v) is 6.48. The summed E-state index contributed by atoms with van der Waals surface area (Å²) in [5.74, 6) is 0.637. The van der Waals surface area contributed by atoms with Crippen LogP contribution in [0.4, 0.5) is 17.1 Å². The highest BCUT2D eigenvalue weighted by Crippen LogP contribution is 2.36. The van der Waals surface area contributed by atoms with Crippen molar-refractivity contribution >= 4 is 23.3 Å². The molecule has 0 saturated heterocycles. The molecule has 1 aliphatic rings. The van der Waals surface area contributed by atoms with E-state index >= 15 is 0 Å². The molecule has 1 heterocycles. The van der Waals surface area contributed by atoms with Gasteiger partial charge < -0.3 is 15.6 Å². The minimum absolute atomic E-state index is 0.0315. The van der Waals surface area contributed by atoms with Gasteiger partial charge in [-0.05, 0) is 24.8 Å². The topological polar surface area (TPSA) is 116 Å². The highest BCUT2D eigenvalue weighted by molar-refractivity contribution is 5.95. The van der Waals surface area contributed by atoms with Crippen LogP contribution in [0.15, 0.2) is 34.2 Å². The quantitative estimate of drug-likeness (QED) is 0.469. The van der Waals surface area contributed by atoms with Gasteiger partial charge in [0.15, 0.2) is 0 Å². The van der Waals surface area contributed by atoms with Gasteiger partial charge in [0.25, 0.3) is 11.2 Å². The first kappa shape index (κ1) is 17.7. The summed E-state index contributed by atoms with van der Waals surface area (Å²) in [5.41, 5.74) is 8.37. The molecule has 0 bridgehead atoms. The number of nitrogens with one attached hydrogen (secondary N) is 1. The van der Waals surface area contributed by atoms with Gasteiger partial charge >= 0.3 is 0 Å². The molecule has 0 radical (unpaired) electrons. The third-order valence-electron chi connectivity index (χ3n) is 4.49. The SMILES string of the molecule is CN=Cc1c(N)c(-c2cc([N+](=O)[O-])ccc2NCC2CC2)cn(C)c1=O. The lowest BCUT2D eigenvalue weighted by Crippen LogP contribution is -2.23. The van der Waals surface area contributed by atoms with Gasteiger partial charge in [0, 0.05) is 62.0 Å². The van der Waals surface area contributed by atoms with E-state index in [0.29, 0.717) is 17.0 Å². The average molecular weight is 355 g/mol. The van der Waals surface area contributed by atoms with Crippen molar-refractivity contribution in [2.24, 2.45) is 18.0 Å². The molecule has 3 rings (SSSR count).